The third kappa shape index (κ3) is 7.55. The molecule has 1 aromatic rings. The van der Waals surface area contributed by atoms with E-state index in [0.717, 1.165) is 68.9 Å². The number of fused-ring (bicyclic) bond motifs is 7. The zero-order valence-corrected chi connectivity index (χ0v) is 37.6. The summed E-state index contributed by atoms with van der Waals surface area (Å²) in [4.78, 5) is 56.9. The predicted molar refractivity (Wildman–Crippen MR) is 225 cm³/mol. The molecule has 0 heterocycles. The number of carboxylic acid groups (broad SMARTS) is 1. The maximum atomic E-state index is 14.3. The van der Waals surface area contributed by atoms with Crippen molar-refractivity contribution in [3.8, 4) is 0 Å². The van der Waals surface area contributed by atoms with Gasteiger partial charge in [0.25, 0.3) is 0 Å². The number of likely N-dealkylation sites (N-methyl/N-ethyl adjacent to an activating group) is 1. The van der Waals surface area contributed by atoms with Crippen LogP contribution in [-0.2, 0) is 30.5 Å². The van der Waals surface area contributed by atoms with Crippen molar-refractivity contribution in [2.75, 3.05) is 27.2 Å². The average Bonchev–Trinajstić information content (AvgIpc) is 3.40. The maximum absolute atomic E-state index is 14.3. The fourth-order valence-electron chi connectivity index (χ4n) is 13.7. The third-order valence-electron chi connectivity index (χ3n) is 16.9. The van der Waals surface area contributed by atoms with Gasteiger partial charge in [0.05, 0.1) is 18.4 Å². The number of carboxylic acids is 1. The van der Waals surface area contributed by atoms with Crippen LogP contribution in [-0.4, -0.2) is 71.8 Å². The normalized spacial score (nSPS) is 34.7. The summed E-state index contributed by atoms with van der Waals surface area (Å²) >= 11 is 6.22. The number of amides is 1. The molecule has 1 aromatic carbocycles. The molecule has 0 saturated heterocycles. The van der Waals surface area contributed by atoms with Crippen molar-refractivity contribution < 1.29 is 29.0 Å². The first-order valence-corrected chi connectivity index (χ1v) is 22.2. The van der Waals surface area contributed by atoms with Gasteiger partial charge in [-0.2, -0.15) is 0 Å². The molecule has 8 atom stereocenters. The zero-order valence-electron chi connectivity index (χ0n) is 36.9. The van der Waals surface area contributed by atoms with Gasteiger partial charge in [0.2, 0.25) is 5.91 Å². The van der Waals surface area contributed by atoms with E-state index in [1.807, 2.05) is 48.2 Å². The number of aliphatic carboxylic acids is 1. The molecule has 0 radical (unpaired) electrons. The van der Waals surface area contributed by atoms with Crippen molar-refractivity contribution in [2.24, 2.45) is 56.2 Å². The molecule has 5 aliphatic carbocycles. The predicted octanol–water partition coefficient (Wildman–Crippen LogP) is 10.0. The van der Waals surface area contributed by atoms with E-state index in [-0.39, 0.29) is 51.4 Å². The highest BCUT2D eigenvalue weighted by molar-refractivity contribution is 6.30. The minimum absolute atomic E-state index is 0.0209. The molecule has 0 bridgehead atoms. The number of ether oxygens (including phenoxy) is 1. The Balaban J connectivity index is 1.28. The Morgan fingerprint density at radius 3 is 2.19 bits per heavy atom. The summed E-state index contributed by atoms with van der Waals surface area (Å²) in [5, 5.41) is 10.3. The second kappa shape index (κ2) is 15.4. The highest BCUT2D eigenvalue weighted by Crippen LogP contribution is 2.77. The van der Waals surface area contributed by atoms with E-state index in [2.05, 4.69) is 48.5 Å². The summed E-state index contributed by atoms with van der Waals surface area (Å²) in [6, 6.07) is 7.77. The first-order chi connectivity index (χ1) is 26.4. The molecular formula is C48H71ClN2O6. The number of carbonyl (C=O) groups is 4. The number of carbonyl (C=O) groups excluding carboxylic acids is 3. The number of allylic oxidation sites excluding steroid dienone is 2. The second-order valence-corrected chi connectivity index (χ2v) is 22.0. The largest absolute Gasteiger partial charge is 0.481 e. The van der Waals surface area contributed by atoms with E-state index in [1.54, 1.807) is 13.8 Å². The molecule has 0 aromatic heterocycles. The highest BCUT2D eigenvalue weighted by Gasteiger charge is 2.70. The standard InChI is InChI=1S/C48H71ClN2O6/c1-30(2)40-34(52)26-48(24-25-51(38(53)29-50(10)11)28-31-12-14-32(49)15-13-31)23-22-46(8)33(41(40)48)16-17-36-45(7)20-19-37(57-39(54)27-43(3,4)42(55)56)44(5,6)35(45)18-21-47(36,46)9/h12-15,30,33,35-37H,16-29H2,1-11H3,(H,55,56)/t33-,35+,36-,37+,45+,46-,47-,48-/m1/s1. The van der Waals surface area contributed by atoms with Gasteiger partial charge in [0, 0.05) is 35.4 Å². The molecule has 1 amide bonds. The molecule has 0 spiro atoms. The molecule has 8 nitrogen and oxygen atoms in total. The minimum atomic E-state index is -1.17. The van der Waals surface area contributed by atoms with Crippen LogP contribution < -0.4 is 0 Å². The van der Waals surface area contributed by atoms with E-state index >= 15 is 0 Å². The van der Waals surface area contributed by atoms with Crippen LogP contribution in [0.1, 0.15) is 139 Å². The van der Waals surface area contributed by atoms with E-state index in [0.29, 0.717) is 54.6 Å². The van der Waals surface area contributed by atoms with Crippen LogP contribution in [0, 0.1) is 56.2 Å². The van der Waals surface area contributed by atoms with Gasteiger partial charge in [0.1, 0.15) is 6.10 Å². The number of hydrogen-bond acceptors (Lipinski definition) is 6. The SMILES string of the molecule is CC(C)C1=C2[C@H]3CC[C@@H]4[C@@]5(C)CC[C@H](OC(=O)CC(C)(C)C(=O)O)C(C)(C)[C@@H]5CC[C@@]4(C)[C@]3(C)CC[C@@]2(CCN(Cc2ccc(Cl)cc2)C(=O)CN(C)C)CC1=O. The van der Waals surface area contributed by atoms with Crippen LogP contribution in [0.15, 0.2) is 35.4 Å². The van der Waals surface area contributed by atoms with Crippen LogP contribution in [0.4, 0.5) is 0 Å². The number of ketones is 1. The first kappa shape index (κ1) is 43.9. The summed E-state index contributed by atoms with van der Waals surface area (Å²) in [5.41, 5.74) is 2.07. The van der Waals surface area contributed by atoms with E-state index in [4.69, 9.17) is 16.3 Å². The van der Waals surface area contributed by atoms with Crippen LogP contribution >= 0.6 is 11.6 Å². The number of benzene rings is 1. The Morgan fingerprint density at radius 1 is 0.912 bits per heavy atom. The van der Waals surface area contributed by atoms with Gasteiger partial charge >= 0.3 is 11.9 Å². The molecule has 316 valence electrons. The number of hydrogen-bond donors (Lipinski definition) is 1. The highest BCUT2D eigenvalue weighted by atomic mass is 35.5. The summed E-state index contributed by atoms with van der Waals surface area (Å²) in [5.74, 6) is 0.345. The summed E-state index contributed by atoms with van der Waals surface area (Å²) in [6.07, 6.45) is 9.09. The van der Waals surface area contributed by atoms with Crippen molar-refractivity contribution in [1.29, 1.82) is 0 Å². The van der Waals surface area contributed by atoms with Crippen molar-refractivity contribution in [2.45, 2.75) is 146 Å². The second-order valence-electron chi connectivity index (χ2n) is 21.6. The molecule has 4 saturated carbocycles. The Labute approximate surface area is 347 Å². The lowest BCUT2D eigenvalue weighted by Crippen LogP contribution is -2.65. The molecule has 9 heteroatoms. The lowest BCUT2D eigenvalue weighted by molar-refractivity contribution is -0.233. The number of esters is 1. The molecular weight excluding hydrogens is 736 g/mol. The molecule has 0 aliphatic heterocycles. The van der Waals surface area contributed by atoms with Crippen molar-refractivity contribution in [1.82, 2.24) is 9.80 Å². The molecule has 6 rings (SSSR count). The lowest BCUT2D eigenvalue weighted by atomic mass is 9.33. The molecule has 4 fully saturated rings. The summed E-state index contributed by atoms with van der Waals surface area (Å²) < 4.78 is 6.19. The molecule has 5 aliphatic rings. The van der Waals surface area contributed by atoms with Gasteiger partial charge < -0.3 is 19.6 Å². The lowest BCUT2D eigenvalue weighted by Gasteiger charge is -2.72. The van der Waals surface area contributed by atoms with Gasteiger partial charge in [-0.25, -0.2) is 0 Å². The van der Waals surface area contributed by atoms with Gasteiger partial charge in [-0.15, -0.1) is 0 Å². The van der Waals surface area contributed by atoms with Crippen molar-refractivity contribution in [3.05, 3.63) is 46.0 Å². The Hall–Kier alpha value is -2.71. The van der Waals surface area contributed by atoms with Crippen LogP contribution in [0.3, 0.4) is 0 Å². The number of nitrogens with zero attached hydrogens (tertiary/aromatic N) is 2. The summed E-state index contributed by atoms with van der Waals surface area (Å²) in [6.45, 7) is 21.3. The van der Waals surface area contributed by atoms with E-state index < -0.39 is 17.4 Å². The molecule has 0 unspecified atom stereocenters. The van der Waals surface area contributed by atoms with Crippen LogP contribution in [0.25, 0.3) is 0 Å². The fraction of sp³-hybridized carbons (Fsp3) is 0.750. The zero-order chi connectivity index (χ0) is 42.1. The van der Waals surface area contributed by atoms with Gasteiger partial charge in [-0.3, -0.25) is 19.2 Å². The number of halogens is 1. The molecule has 1 N–H and O–H groups in total. The third-order valence-corrected chi connectivity index (χ3v) is 17.2. The number of Topliss-reactive ketones (excluding diaryl/α,β-unsaturated/α-hetero) is 1. The Morgan fingerprint density at radius 2 is 1.58 bits per heavy atom. The van der Waals surface area contributed by atoms with Crippen LogP contribution in [0.2, 0.25) is 5.02 Å². The Kier molecular flexibility index (Phi) is 11.8. The van der Waals surface area contributed by atoms with Crippen molar-refractivity contribution in [3.63, 3.8) is 0 Å². The Bertz CT molecular complexity index is 1780. The monoisotopic (exact) mass is 807 g/mol. The van der Waals surface area contributed by atoms with Crippen molar-refractivity contribution >= 4 is 35.2 Å². The van der Waals surface area contributed by atoms with Crippen LogP contribution in [0.5, 0.6) is 0 Å². The summed E-state index contributed by atoms with van der Waals surface area (Å²) in [7, 11) is 3.87. The van der Waals surface area contributed by atoms with E-state index in [9.17, 15) is 24.3 Å². The number of rotatable bonds is 12. The van der Waals surface area contributed by atoms with Gasteiger partial charge in [-0.1, -0.05) is 77.8 Å². The molecule has 57 heavy (non-hydrogen) atoms. The van der Waals surface area contributed by atoms with E-state index in [1.165, 1.54) is 5.57 Å². The average molecular weight is 808 g/mol. The van der Waals surface area contributed by atoms with Gasteiger partial charge in [0.15, 0.2) is 5.78 Å². The fourth-order valence-corrected chi connectivity index (χ4v) is 13.8. The topological polar surface area (TPSA) is 104 Å². The first-order valence-electron chi connectivity index (χ1n) is 21.8. The van der Waals surface area contributed by atoms with Gasteiger partial charge in [-0.05, 0) is 149 Å². The smallest absolute Gasteiger partial charge is 0.309 e. The maximum Gasteiger partial charge on any atom is 0.309 e. The quantitative estimate of drug-likeness (QED) is 0.210. The minimum Gasteiger partial charge on any atom is -0.481 e.